The molecule has 2 aromatic carbocycles. The number of phenols is 1. The lowest BCUT2D eigenvalue weighted by molar-refractivity contribution is 0.282. The zero-order chi connectivity index (χ0) is 12.7. The van der Waals surface area contributed by atoms with Crippen LogP contribution in [0, 0.1) is 3.57 Å². The van der Waals surface area contributed by atoms with Gasteiger partial charge in [0.2, 0.25) is 0 Å². The first-order chi connectivity index (χ1) is 8.70. The Morgan fingerprint density at radius 1 is 1.17 bits per heavy atom. The second-order valence-electron chi connectivity index (χ2n) is 4.13. The molecule has 0 atom stereocenters. The molecule has 0 fully saturated rings. The highest BCUT2D eigenvalue weighted by molar-refractivity contribution is 14.1. The number of fused-ring (bicyclic) bond motifs is 3. The van der Waals surface area contributed by atoms with Gasteiger partial charge in [0.1, 0.15) is 5.75 Å². The highest BCUT2D eigenvalue weighted by Gasteiger charge is 2.09. The lowest BCUT2D eigenvalue weighted by Crippen LogP contribution is -1.87. The van der Waals surface area contributed by atoms with Gasteiger partial charge in [-0.2, -0.15) is 0 Å². The van der Waals surface area contributed by atoms with Crippen LogP contribution in [-0.4, -0.2) is 15.2 Å². The van der Waals surface area contributed by atoms with E-state index in [0.29, 0.717) is 0 Å². The molecule has 0 bridgehead atoms. The maximum atomic E-state index is 10.2. The number of nitrogens with zero attached hydrogens (tertiary/aromatic N) is 1. The van der Waals surface area contributed by atoms with Crippen LogP contribution in [0.25, 0.3) is 21.7 Å². The highest BCUT2D eigenvalue weighted by Crippen LogP contribution is 2.34. The van der Waals surface area contributed by atoms with Crippen molar-refractivity contribution in [1.29, 1.82) is 0 Å². The topological polar surface area (TPSA) is 53.4 Å². The number of pyridine rings is 1. The fourth-order valence-corrected chi connectivity index (χ4v) is 2.56. The predicted molar refractivity (Wildman–Crippen MR) is 79.6 cm³/mol. The van der Waals surface area contributed by atoms with Crippen molar-refractivity contribution in [2.75, 3.05) is 0 Å². The van der Waals surface area contributed by atoms with Crippen molar-refractivity contribution < 1.29 is 10.2 Å². The van der Waals surface area contributed by atoms with Crippen molar-refractivity contribution in [2.45, 2.75) is 6.61 Å². The van der Waals surface area contributed by atoms with Crippen molar-refractivity contribution in [1.82, 2.24) is 4.98 Å². The quantitative estimate of drug-likeness (QED) is 0.523. The number of benzene rings is 2. The Morgan fingerprint density at radius 3 is 2.78 bits per heavy atom. The molecule has 3 nitrogen and oxygen atoms in total. The lowest BCUT2D eigenvalue weighted by atomic mass is 10.0. The molecule has 0 aliphatic rings. The second kappa shape index (κ2) is 4.37. The van der Waals surface area contributed by atoms with Crippen molar-refractivity contribution >= 4 is 44.3 Å². The van der Waals surface area contributed by atoms with Crippen LogP contribution < -0.4 is 0 Å². The van der Waals surface area contributed by atoms with E-state index in [0.717, 1.165) is 30.8 Å². The summed E-state index contributed by atoms with van der Waals surface area (Å²) in [5, 5.41) is 22.0. The van der Waals surface area contributed by atoms with Gasteiger partial charge in [-0.15, -0.1) is 0 Å². The molecule has 0 saturated carbocycles. The van der Waals surface area contributed by atoms with Crippen LogP contribution in [0.2, 0.25) is 0 Å². The fraction of sp³-hybridized carbons (Fsp3) is 0.0714. The van der Waals surface area contributed by atoms with Gasteiger partial charge in [0, 0.05) is 11.6 Å². The fourth-order valence-electron chi connectivity index (χ4n) is 2.11. The predicted octanol–water partition coefficient (Wildman–Crippen LogP) is 3.19. The lowest BCUT2D eigenvalue weighted by Gasteiger charge is -2.07. The Morgan fingerprint density at radius 2 is 2.00 bits per heavy atom. The standard InChI is InChI=1S/C14H10INO2/c15-11-3-4-12-13(14(11)18)10-2-1-8(7-17)5-9(10)6-16-12/h1-6,17-18H,7H2. The molecule has 4 heteroatoms. The first-order valence-corrected chi connectivity index (χ1v) is 6.58. The maximum absolute atomic E-state index is 10.2. The van der Waals surface area contributed by atoms with E-state index in [4.69, 9.17) is 5.11 Å². The van der Waals surface area contributed by atoms with E-state index in [1.807, 2.05) is 30.3 Å². The highest BCUT2D eigenvalue weighted by atomic mass is 127. The molecule has 0 saturated heterocycles. The third-order valence-corrected chi connectivity index (χ3v) is 3.89. The van der Waals surface area contributed by atoms with Crippen LogP contribution in [0.15, 0.2) is 36.5 Å². The number of rotatable bonds is 1. The van der Waals surface area contributed by atoms with Gasteiger partial charge in [0.25, 0.3) is 0 Å². The van der Waals surface area contributed by atoms with E-state index in [1.165, 1.54) is 0 Å². The molecule has 0 amide bonds. The number of aromatic nitrogens is 1. The summed E-state index contributed by atoms with van der Waals surface area (Å²) in [5.74, 6) is 0.267. The van der Waals surface area contributed by atoms with Crippen LogP contribution >= 0.6 is 22.6 Å². The summed E-state index contributed by atoms with van der Waals surface area (Å²) in [6.07, 6.45) is 1.77. The second-order valence-corrected chi connectivity index (χ2v) is 5.29. The van der Waals surface area contributed by atoms with Gasteiger partial charge < -0.3 is 10.2 Å². The molecule has 0 spiro atoms. The monoisotopic (exact) mass is 351 g/mol. The Kier molecular flexibility index (Phi) is 2.83. The number of halogens is 1. The molecule has 0 aliphatic carbocycles. The molecular formula is C14H10INO2. The molecule has 18 heavy (non-hydrogen) atoms. The van der Waals surface area contributed by atoms with Gasteiger partial charge in [-0.3, -0.25) is 4.98 Å². The Labute approximate surface area is 117 Å². The number of phenolic OH excluding ortho intramolecular Hbond substituents is 1. The van der Waals surface area contributed by atoms with Crippen LogP contribution in [0.4, 0.5) is 0 Å². The Bertz CT molecular complexity index is 755. The third kappa shape index (κ3) is 1.72. The van der Waals surface area contributed by atoms with Gasteiger partial charge in [0.15, 0.2) is 0 Å². The number of aliphatic hydroxyl groups excluding tert-OH is 1. The minimum atomic E-state index is 0.00623. The molecule has 2 N–H and O–H groups in total. The summed E-state index contributed by atoms with van der Waals surface area (Å²) in [6, 6.07) is 9.41. The van der Waals surface area contributed by atoms with Crippen LogP contribution in [-0.2, 0) is 6.61 Å². The van der Waals surface area contributed by atoms with Crippen molar-refractivity contribution in [3.05, 3.63) is 45.7 Å². The van der Waals surface area contributed by atoms with E-state index >= 15 is 0 Å². The summed E-state index contributed by atoms with van der Waals surface area (Å²) in [4.78, 5) is 4.34. The molecule has 3 rings (SSSR count). The van der Waals surface area contributed by atoms with Gasteiger partial charge >= 0.3 is 0 Å². The van der Waals surface area contributed by atoms with Crippen LogP contribution in [0.3, 0.4) is 0 Å². The van der Waals surface area contributed by atoms with E-state index in [9.17, 15) is 5.11 Å². The third-order valence-electron chi connectivity index (χ3n) is 3.02. The molecule has 90 valence electrons. The molecule has 0 aliphatic heterocycles. The van der Waals surface area contributed by atoms with Crippen molar-refractivity contribution in [3.63, 3.8) is 0 Å². The Hall–Kier alpha value is -1.40. The number of hydrogen-bond acceptors (Lipinski definition) is 3. The summed E-state index contributed by atoms with van der Waals surface area (Å²) in [7, 11) is 0. The van der Waals surface area contributed by atoms with Crippen LogP contribution in [0.1, 0.15) is 5.56 Å². The largest absolute Gasteiger partial charge is 0.506 e. The SMILES string of the molecule is OCc1ccc2c(cnc3ccc(I)c(O)c32)c1. The molecule has 0 unspecified atom stereocenters. The summed E-state index contributed by atoms with van der Waals surface area (Å²) in [6.45, 7) is 0.00623. The average molecular weight is 351 g/mol. The van der Waals surface area contributed by atoms with Crippen molar-refractivity contribution in [3.8, 4) is 5.75 Å². The minimum absolute atomic E-state index is 0.00623. The van der Waals surface area contributed by atoms with E-state index < -0.39 is 0 Å². The van der Waals surface area contributed by atoms with Gasteiger partial charge in [-0.25, -0.2) is 0 Å². The molecule has 1 aromatic heterocycles. The molecule has 0 radical (unpaired) electrons. The number of aromatic hydroxyl groups is 1. The molecule has 1 heterocycles. The minimum Gasteiger partial charge on any atom is -0.506 e. The first-order valence-electron chi connectivity index (χ1n) is 5.50. The zero-order valence-corrected chi connectivity index (χ0v) is 11.5. The Balaban J connectivity index is 2.48. The molecule has 3 aromatic rings. The zero-order valence-electron chi connectivity index (χ0n) is 9.39. The van der Waals surface area contributed by atoms with Crippen molar-refractivity contribution in [2.24, 2.45) is 0 Å². The van der Waals surface area contributed by atoms with E-state index in [2.05, 4.69) is 27.6 Å². The average Bonchev–Trinajstić information content (AvgIpc) is 2.41. The van der Waals surface area contributed by atoms with Gasteiger partial charge in [-0.1, -0.05) is 12.1 Å². The van der Waals surface area contributed by atoms with E-state index in [-0.39, 0.29) is 12.4 Å². The summed E-state index contributed by atoms with van der Waals surface area (Å²) in [5.41, 5.74) is 1.62. The maximum Gasteiger partial charge on any atom is 0.138 e. The van der Waals surface area contributed by atoms with Crippen LogP contribution in [0.5, 0.6) is 5.75 Å². The summed E-state index contributed by atoms with van der Waals surface area (Å²) >= 11 is 2.10. The smallest absolute Gasteiger partial charge is 0.138 e. The number of hydrogen-bond donors (Lipinski definition) is 2. The first kappa shape index (κ1) is 11.7. The summed E-state index contributed by atoms with van der Waals surface area (Å²) < 4.78 is 0.806. The van der Waals surface area contributed by atoms with E-state index in [1.54, 1.807) is 6.20 Å². The van der Waals surface area contributed by atoms with Gasteiger partial charge in [0.05, 0.1) is 21.1 Å². The molecular weight excluding hydrogens is 341 g/mol. The van der Waals surface area contributed by atoms with Gasteiger partial charge in [-0.05, 0) is 51.7 Å². The number of aliphatic hydroxyl groups is 1. The normalized spacial score (nSPS) is 11.2.